The largest absolute Gasteiger partial charge is 0.369 e. The number of primary amides is 1. The van der Waals surface area contributed by atoms with Crippen LogP contribution in [0.3, 0.4) is 0 Å². The number of carbonyl (C=O) groups is 1. The van der Waals surface area contributed by atoms with Crippen LogP contribution in [0.4, 0.5) is 0 Å². The molecule has 0 aliphatic rings. The summed E-state index contributed by atoms with van der Waals surface area (Å²) in [5, 5.41) is 1.05. The fraction of sp³-hybridized carbons (Fsp3) is 0.167. The number of aryl methyl sites for hydroxylation is 1. The summed E-state index contributed by atoms with van der Waals surface area (Å²) >= 11 is 0. The van der Waals surface area contributed by atoms with Crippen molar-refractivity contribution in [2.24, 2.45) is 5.73 Å². The number of hydrogen-bond acceptors (Lipinski definition) is 2. The van der Waals surface area contributed by atoms with E-state index in [1.54, 1.807) is 0 Å². The normalized spacial score (nSPS) is 10.5. The van der Waals surface area contributed by atoms with Gasteiger partial charge in [-0.15, -0.1) is 0 Å². The molecule has 0 radical (unpaired) electrons. The fourth-order valence-corrected chi connectivity index (χ4v) is 1.60. The molecule has 0 fully saturated rings. The smallest absolute Gasteiger partial charge is 0.221 e. The first-order valence-corrected chi connectivity index (χ1v) is 4.79. The van der Waals surface area contributed by atoms with Crippen molar-refractivity contribution in [3.8, 4) is 0 Å². The third-order valence-corrected chi connectivity index (χ3v) is 2.26. The number of nitrogens with zero attached hydrogens (tertiary/aromatic N) is 1. The Morgan fingerprint density at radius 3 is 2.93 bits per heavy atom. The van der Waals surface area contributed by atoms with Gasteiger partial charge in [-0.25, -0.2) is 0 Å². The minimum absolute atomic E-state index is 0.282. The Morgan fingerprint density at radius 2 is 2.20 bits per heavy atom. The van der Waals surface area contributed by atoms with Gasteiger partial charge in [-0.1, -0.05) is 6.07 Å². The van der Waals surface area contributed by atoms with Gasteiger partial charge in [0.2, 0.25) is 5.91 Å². The summed E-state index contributed by atoms with van der Waals surface area (Å²) in [6, 6.07) is 7.80. The fourth-order valence-electron chi connectivity index (χ4n) is 1.60. The van der Waals surface area contributed by atoms with Gasteiger partial charge in [0, 0.05) is 11.6 Å². The number of carbonyl (C=O) groups excluding carboxylic acids is 1. The van der Waals surface area contributed by atoms with Crippen molar-refractivity contribution in [2.75, 3.05) is 0 Å². The molecule has 0 saturated heterocycles. The van der Waals surface area contributed by atoms with Crippen molar-refractivity contribution in [1.82, 2.24) is 4.98 Å². The molecule has 2 N–H and O–H groups in total. The number of pyridine rings is 1. The van der Waals surface area contributed by atoms with Crippen LogP contribution in [0.1, 0.15) is 11.1 Å². The van der Waals surface area contributed by atoms with Crippen molar-refractivity contribution in [2.45, 2.75) is 13.3 Å². The highest BCUT2D eigenvalue weighted by atomic mass is 16.1. The highest BCUT2D eigenvalue weighted by Crippen LogP contribution is 2.15. The summed E-state index contributed by atoms with van der Waals surface area (Å²) in [4.78, 5) is 15.1. The van der Waals surface area contributed by atoms with E-state index in [4.69, 9.17) is 5.73 Å². The van der Waals surface area contributed by atoms with E-state index in [0.717, 1.165) is 22.0 Å². The summed E-state index contributed by atoms with van der Waals surface area (Å²) in [5.74, 6) is -0.310. The molecule has 1 amide bonds. The molecule has 3 nitrogen and oxygen atoms in total. The van der Waals surface area contributed by atoms with E-state index in [-0.39, 0.29) is 12.3 Å². The first-order valence-electron chi connectivity index (χ1n) is 4.79. The van der Waals surface area contributed by atoms with E-state index in [2.05, 4.69) is 4.98 Å². The zero-order valence-electron chi connectivity index (χ0n) is 8.53. The zero-order chi connectivity index (χ0) is 10.8. The lowest BCUT2D eigenvalue weighted by molar-refractivity contribution is -0.117. The number of rotatable bonds is 2. The highest BCUT2D eigenvalue weighted by molar-refractivity contribution is 5.82. The minimum atomic E-state index is -0.310. The molecular formula is C12H12N2O. The van der Waals surface area contributed by atoms with Gasteiger partial charge in [0.1, 0.15) is 0 Å². The molecule has 76 valence electrons. The van der Waals surface area contributed by atoms with Crippen molar-refractivity contribution in [3.63, 3.8) is 0 Å². The third kappa shape index (κ3) is 2.13. The standard InChI is InChI=1S/C12H12N2O/c1-8-4-10-5-9(6-12(13)15)2-3-11(10)14-7-8/h2-5,7H,6H2,1H3,(H2,13,15). The van der Waals surface area contributed by atoms with Gasteiger partial charge in [-0.2, -0.15) is 0 Å². The van der Waals surface area contributed by atoms with E-state index in [1.165, 1.54) is 0 Å². The predicted octanol–water partition coefficient (Wildman–Crippen LogP) is 1.57. The van der Waals surface area contributed by atoms with E-state index in [9.17, 15) is 4.79 Å². The zero-order valence-corrected chi connectivity index (χ0v) is 8.53. The maximum atomic E-state index is 10.8. The van der Waals surface area contributed by atoms with E-state index in [1.807, 2.05) is 37.4 Å². The van der Waals surface area contributed by atoms with Crippen LogP contribution in [-0.2, 0) is 11.2 Å². The van der Waals surface area contributed by atoms with Crippen LogP contribution >= 0.6 is 0 Å². The van der Waals surface area contributed by atoms with Gasteiger partial charge in [0.25, 0.3) is 0 Å². The maximum Gasteiger partial charge on any atom is 0.221 e. The molecule has 0 saturated carbocycles. The number of aromatic nitrogens is 1. The molecule has 1 aromatic carbocycles. The van der Waals surface area contributed by atoms with Crippen molar-refractivity contribution in [3.05, 3.63) is 41.6 Å². The van der Waals surface area contributed by atoms with Crippen molar-refractivity contribution in [1.29, 1.82) is 0 Å². The van der Waals surface area contributed by atoms with E-state index >= 15 is 0 Å². The monoisotopic (exact) mass is 200 g/mol. The van der Waals surface area contributed by atoms with Crippen LogP contribution in [0.5, 0.6) is 0 Å². The first-order chi connectivity index (χ1) is 7.15. The van der Waals surface area contributed by atoms with Crippen LogP contribution in [0.15, 0.2) is 30.5 Å². The Labute approximate surface area is 87.9 Å². The number of fused-ring (bicyclic) bond motifs is 1. The second-order valence-corrected chi connectivity index (χ2v) is 3.68. The highest BCUT2D eigenvalue weighted by Gasteiger charge is 2.01. The summed E-state index contributed by atoms with van der Waals surface area (Å²) in [6.45, 7) is 1.99. The van der Waals surface area contributed by atoms with Crippen LogP contribution < -0.4 is 5.73 Å². The molecule has 2 rings (SSSR count). The molecule has 0 spiro atoms. The summed E-state index contributed by atoms with van der Waals surface area (Å²) < 4.78 is 0. The molecule has 1 aromatic heterocycles. The Morgan fingerprint density at radius 1 is 1.40 bits per heavy atom. The molecule has 15 heavy (non-hydrogen) atoms. The van der Waals surface area contributed by atoms with Gasteiger partial charge < -0.3 is 5.73 Å². The van der Waals surface area contributed by atoms with E-state index in [0.29, 0.717) is 0 Å². The molecular weight excluding hydrogens is 188 g/mol. The van der Waals surface area contributed by atoms with Crippen LogP contribution in [-0.4, -0.2) is 10.9 Å². The Hall–Kier alpha value is -1.90. The van der Waals surface area contributed by atoms with Crippen LogP contribution in [0.2, 0.25) is 0 Å². The lowest BCUT2D eigenvalue weighted by Gasteiger charge is -2.02. The lowest BCUT2D eigenvalue weighted by atomic mass is 10.1. The number of benzene rings is 1. The molecule has 0 aliphatic heterocycles. The Kier molecular flexibility index (Phi) is 2.37. The molecule has 1 heterocycles. The van der Waals surface area contributed by atoms with Gasteiger partial charge >= 0.3 is 0 Å². The SMILES string of the molecule is Cc1cnc2ccc(CC(N)=O)cc2c1. The molecule has 2 aromatic rings. The van der Waals surface area contributed by atoms with Crippen LogP contribution in [0.25, 0.3) is 10.9 Å². The van der Waals surface area contributed by atoms with Gasteiger partial charge in [-0.3, -0.25) is 9.78 Å². The quantitative estimate of drug-likeness (QED) is 0.800. The Bertz CT molecular complexity index is 520. The third-order valence-electron chi connectivity index (χ3n) is 2.26. The number of amides is 1. The van der Waals surface area contributed by atoms with Gasteiger partial charge in [0.05, 0.1) is 11.9 Å². The summed E-state index contributed by atoms with van der Waals surface area (Å²) in [6.07, 6.45) is 2.11. The molecule has 0 atom stereocenters. The molecule has 0 bridgehead atoms. The second kappa shape index (κ2) is 3.69. The predicted molar refractivity (Wildman–Crippen MR) is 59.4 cm³/mol. The van der Waals surface area contributed by atoms with Crippen molar-refractivity contribution >= 4 is 16.8 Å². The molecule has 0 unspecified atom stereocenters. The van der Waals surface area contributed by atoms with Gasteiger partial charge in [-0.05, 0) is 36.2 Å². The van der Waals surface area contributed by atoms with E-state index < -0.39 is 0 Å². The topological polar surface area (TPSA) is 56.0 Å². The second-order valence-electron chi connectivity index (χ2n) is 3.68. The number of nitrogens with two attached hydrogens (primary N) is 1. The average Bonchev–Trinajstić information content (AvgIpc) is 2.16. The maximum absolute atomic E-state index is 10.8. The first kappa shape index (κ1) is 9.65. The molecule has 3 heteroatoms. The minimum Gasteiger partial charge on any atom is -0.369 e. The Balaban J connectivity index is 2.49. The summed E-state index contributed by atoms with van der Waals surface area (Å²) in [7, 11) is 0. The average molecular weight is 200 g/mol. The molecule has 0 aliphatic carbocycles. The summed E-state index contributed by atoms with van der Waals surface area (Å²) in [5.41, 5.74) is 8.13. The number of hydrogen-bond donors (Lipinski definition) is 1. The van der Waals surface area contributed by atoms with Gasteiger partial charge in [0.15, 0.2) is 0 Å². The van der Waals surface area contributed by atoms with Crippen molar-refractivity contribution < 1.29 is 4.79 Å². The lowest BCUT2D eigenvalue weighted by Crippen LogP contribution is -2.13. The van der Waals surface area contributed by atoms with Crippen LogP contribution in [0, 0.1) is 6.92 Å².